The molecular weight excluding hydrogens is 192 g/mol. The third kappa shape index (κ3) is 1.08. The van der Waals surface area contributed by atoms with Crippen LogP contribution in [-0.4, -0.2) is 24.9 Å². The fourth-order valence-electron chi connectivity index (χ4n) is 2.20. The van der Waals surface area contributed by atoms with Gasteiger partial charge in [0.1, 0.15) is 0 Å². The second-order valence-electron chi connectivity index (χ2n) is 3.80. The molecule has 0 saturated carbocycles. The van der Waals surface area contributed by atoms with Gasteiger partial charge in [-0.25, -0.2) is 0 Å². The topological polar surface area (TPSA) is 49.4 Å². The molecule has 1 amide bonds. The Labute approximate surface area is 86.9 Å². The van der Waals surface area contributed by atoms with Gasteiger partial charge in [-0.05, 0) is 12.1 Å². The first kappa shape index (κ1) is 8.47. The number of anilines is 1. The van der Waals surface area contributed by atoms with Crippen molar-refractivity contribution in [2.45, 2.75) is 6.42 Å². The van der Waals surface area contributed by atoms with Crippen LogP contribution in [-0.2, 0) is 0 Å². The molecule has 0 aliphatic carbocycles. The Morgan fingerprint density at radius 1 is 1.20 bits per heavy atom. The number of para-hydroxylation sites is 1. The molecule has 1 aromatic carbocycles. The van der Waals surface area contributed by atoms with Crippen molar-refractivity contribution in [2.24, 2.45) is 0 Å². The smallest absolute Gasteiger partial charge is 0.254 e. The van der Waals surface area contributed by atoms with Crippen molar-refractivity contribution in [3.05, 3.63) is 29.3 Å². The van der Waals surface area contributed by atoms with E-state index in [0.29, 0.717) is 30.8 Å². The van der Waals surface area contributed by atoms with Crippen LogP contribution >= 0.6 is 0 Å². The van der Waals surface area contributed by atoms with E-state index in [1.54, 1.807) is 18.2 Å². The minimum absolute atomic E-state index is 0.0854. The predicted octanol–water partition coefficient (Wildman–Crippen LogP) is 0.780. The maximum atomic E-state index is 11.7. The van der Waals surface area contributed by atoms with E-state index < -0.39 is 0 Å². The van der Waals surface area contributed by atoms with E-state index in [0.717, 1.165) is 5.69 Å². The van der Waals surface area contributed by atoms with Gasteiger partial charge in [0.2, 0.25) is 0 Å². The largest absolute Gasteiger partial charge is 0.352 e. The van der Waals surface area contributed by atoms with Crippen LogP contribution in [0.5, 0.6) is 0 Å². The summed E-state index contributed by atoms with van der Waals surface area (Å²) in [6.45, 7) is 1.21. The summed E-state index contributed by atoms with van der Waals surface area (Å²) >= 11 is 0. The van der Waals surface area contributed by atoms with Crippen LogP contribution in [0.1, 0.15) is 27.1 Å². The highest BCUT2D eigenvalue weighted by atomic mass is 16.2. The third-order valence-corrected chi connectivity index (χ3v) is 2.94. The lowest BCUT2D eigenvalue weighted by atomic mass is 9.95. The van der Waals surface area contributed by atoms with Crippen LogP contribution < -0.4 is 10.2 Å². The highest BCUT2D eigenvalue weighted by molar-refractivity contribution is 6.11. The monoisotopic (exact) mass is 202 g/mol. The highest BCUT2D eigenvalue weighted by Gasteiger charge is 2.30. The van der Waals surface area contributed by atoms with E-state index in [1.807, 2.05) is 4.90 Å². The molecule has 2 aliphatic heterocycles. The normalized spacial score (nSPS) is 18.5. The zero-order valence-electron chi connectivity index (χ0n) is 8.12. The fourth-order valence-corrected chi connectivity index (χ4v) is 2.20. The van der Waals surface area contributed by atoms with Gasteiger partial charge in [-0.2, -0.15) is 0 Å². The van der Waals surface area contributed by atoms with E-state index in [-0.39, 0.29) is 11.7 Å². The van der Waals surface area contributed by atoms with E-state index in [4.69, 9.17) is 0 Å². The van der Waals surface area contributed by atoms with Crippen molar-refractivity contribution in [1.29, 1.82) is 0 Å². The van der Waals surface area contributed by atoms with Crippen LogP contribution in [0, 0.1) is 0 Å². The molecule has 1 aromatic rings. The van der Waals surface area contributed by atoms with E-state index in [2.05, 4.69) is 5.32 Å². The van der Waals surface area contributed by atoms with Gasteiger partial charge in [0.15, 0.2) is 5.78 Å². The Hall–Kier alpha value is -1.84. The summed E-state index contributed by atoms with van der Waals surface area (Å²) in [7, 11) is 0. The number of Topliss-reactive ketones (excluding diaryl/α,β-unsaturated/α-hetero) is 1. The maximum absolute atomic E-state index is 11.7. The number of hydrogen-bond donors (Lipinski definition) is 1. The average Bonchev–Trinajstić information content (AvgIpc) is 2.27. The molecule has 4 nitrogen and oxygen atoms in total. The third-order valence-electron chi connectivity index (χ3n) is 2.94. The number of ketones is 1. The fraction of sp³-hybridized carbons (Fsp3) is 0.273. The second kappa shape index (κ2) is 2.82. The Bertz CT molecular complexity index is 429. The summed E-state index contributed by atoms with van der Waals surface area (Å²) in [5, 5.41) is 2.79. The molecule has 0 atom stereocenters. The lowest BCUT2D eigenvalue weighted by Gasteiger charge is -2.35. The Balaban J connectivity index is 2.28. The number of nitrogens with one attached hydrogen (secondary N) is 1. The van der Waals surface area contributed by atoms with Crippen molar-refractivity contribution in [3.8, 4) is 0 Å². The first-order valence-corrected chi connectivity index (χ1v) is 4.97. The Kier molecular flexibility index (Phi) is 1.59. The molecule has 0 fully saturated rings. The molecule has 0 saturated heterocycles. The van der Waals surface area contributed by atoms with Crippen molar-refractivity contribution in [3.63, 3.8) is 0 Å². The zero-order chi connectivity index (χ0) is 10.4. The molecule has 15 heavy (non-hydrogen) atoms. The second-order valence-corrected chi connectivity index (χ2v) is 3.80. The predicted molar refractivity (Wildman–Crippen MR) is 55.1 cm³/mol. The number of nitrogens with zero attached hydrogens (tertiary/aromatic N) is 1. The number of rotatable bonds is 0. The first-order chi connectivity index (χ1) is 7.27. The SMILES string of the molecule is O=C1CCN2CNC(=O)c3cccc1c32. The van der Waals surface area contributed by atoms with Gasteiger partial charge in [-0.15, -0.1) is 0 Å². The van der Waals surface area contributed by atoms with Crippen molar-refractivity contribution < 1.29 is 9.59 Å². The lowest BCUT2D eigenvalue weighted by molar-refractivity contribution is 0.0943. The van der Waals surface area contributed by atoms with Crippen LogP contribution in [0.15, 0.2) is 18.2 Å². The first-order valence-electron chi connectivity index (χ1n) is 4.97. The number of amides is 1. The summed E-state index contributed by atoms with van der Waals surface area (Å²) in [5.41, 5.74) is 2.12. The molecule has 0 unspecified atom stereocenters. The number of carbonyl (C=O) groups excluding carboxylic acids is 2. The standard InChI is InChI=1S/C11H10N2O2/c14-9-4-5-13-6-12-11(15)8-3-1-2-7(9)10(8)13/h1-3H,4-6H2,(H,12,15). The molecule has 0 bridgehead atoms. The molecule has 1 N–H and O–H groups in total. The average molecular weight is 202 g/mol. The lowest BCUT2D eigenvalue weighted by Crippen LogP contribution is -2.46. The van der Waals surface area contributed by atoms with E-state index >= 15 is 0 Å². The van der Waals surface area contributed by atoms with Crippen molar-refractivity contribution >= 4 is 17.4 Å². The quantitative estimate of drug-likeness (QED) is 0.676. The van der Waals surface area contributed by atoms with Gasteiger partial charge >= 0.3 is 0 Å². The number of benzene rings is 1. The molecule has 4 heteroatoms. The molecule has 0 spiro atoms. The molecule has 2 aliphatic rings. The molecule has 0 aromatic heterocycles. The van der Waals surface area contributed by atoms with Gasteiger partial charge < -0.3 is 10.2 Å². The van der Waals surface area contributed by atoms with E-state index in [1.165, 1.54) is 0 Å². The number of hydrogen-bond acceptors (Lipinski definition) is 3. The Morgan fingerprint density at radius 2 is 2.00 bits per heavy atom. The van der Waals surface area contributed by atoms with Gasteiger partial charge in [-0.3, -0.25) is 9.59 Å². The summed E-state index contributed by atoms with van der Waals surface area (Å²) < 4.78 is 0. The molecule has 76 valence electrons. The van der Waals surface area contributed by atoms with Crippen molar-refractivity contribution in [2.75, 3.05) is 18.1 Å². The van der Waals surface area contributed by atoms with E-state index in [9.17, 15) is 9.59 Å². The molecule has 3 rings (SSSR count). The summed E-state index contributed by atoms with van der Waals surface area (Å²) in [4.78, 5) is 25.3. The van der Waals surface area contributed by atoms with Gasteiger partial charge in [-0.1, -0.05) is 6.07 Å². The molecule has 0 radical (unpaired) electrons. The summed E-state index contributed by atoms with van der Waals surface area (Å²) in [5.74, 6) is 0.0515. The van der Waals surface area contributed by atoms with Gasteiger partial charge in [0.25, 0.3) is 5.91 Å². The van der Waals surface area contributed by atoms with Crippen LogP contribution in [0.2, 0.25) is 0 Å². The van der Waals surface area contributed by atoms with Gasteiger partial charge in [0, 0.05) is 18.5 Å². The number of carbonyl (C=O) groups is 2. The Morgan fingerprint density at radius 3 is 2.87 bits per heavy atom. The van der Waals surface area contributed by atoms with Gasteiger partial charge in [0.05, 0.1) is 17.9 Å². The van der Waals surface area contributed by atoms with Crippen LogP contribution in [0.4, 0.5) is 5.69 Å². The molecule has 2 heterocycles. The zero-order valence-corrected chi connectivity index (χ0v) is 8.12. The van der Waals surface area contributed by atoms with Crippen LogP contribution in [0.3, 0.4) is 0 Å². The van der Waals surface area contributed by atoms with Crippen LogP contribution in [0.25, 0.3) is 0 Å². The summed E-state index contributed by atoms with van der Waals surface area (Å²) in [6.07, 6.45) is 0.534. The molecular formula is C11H10N2O2. The maximum Gasteiger partial charge on any atom is 0.254 e. The van der Waals surface area contributed by atoms with Crippen molar-refractivity contribution in [1.82, 2.24) is 5.32 Å². The minimum atomic E-state index is -0.0854. The minimum Gasteiger partial charge on any atom is -0.352 e. The summed E-state index contributed by atoms with van der Waals surface area (Å²) in [6, 6.07) is 5.32. The highest BCUT2D eigenvalue weighted by Crippen LogP contribution is 2.32.